The zero-order chi connectivity index (χ0) is 16.2. The van der Waals surface area contributed by atoms with E-state index >= 15 is 0 Å². The molecular weight excluding hydrogens is 278 g/mol. The molecule has 1 rings (SSSR count). The number of hydrogen-bond acceptors (Lipinski definition) is 7. The van der Waals surface area contributed by atoms with Crippen LogP contribution in [0.15, 0.2) is 11.8 Å². The van der Waals surface area contributed by atoms with E-state index in [1.807, 2.05) is 13.8 Å². The molecular formula is C14H21NO6. The van der Waals surface area contributed by atoms with Crippen molar-refractivity contribution in [1.29, 1.82) is 0 Å². The Morgan fingerprint density at radius 1 is 1.29 bits per heavy atom. The van der Waals surface area contributed by atoms with E-state index in [9.17, 15) is 14.4 Å². The Morgan fingerprint density at radius 3 is 2.24 bits per heavy atom. The van der Waals surface area contributed by atoms with Gasteiger partial charge in [-0.25, -0.2) is 14.4 Å². The molecule has 0 saturated carbocycles. The summed E-state index contributed by atoms with van der Waals surface area (Å²) in [6.07, 6.45) is 1.63. The molecule has 0 aromatic rings. The van der Waals surface area contributed by atoms with Crippen LogP contribution in [0.5, 0.6) is 0 Å². The highest BCUT2D eigenvalue weighted by atomic mass is 16.7. The fourth-order valence-electron chi connectivity index (χ4n) is 1.81. The fraction of sp³-hybridized carbons (Fsp3) is 0.643. The maximum atomic E-state index is 11.7. The molecule has 0 aromatic carbocycles. The minimum atomic E-state index is -1.29. The molecule has 1 aliphatic heterocycles. The molecule has 0 radical (unpaired) electrons. The van der Waals surface area contributed by atoms with Crippen molar-refractivity contribution >= 4 is 17.9 Å². The molecule has 1 heterocycles. The molecule has 0 bridgehead atoms. The van der Waals surface area contributed by atoms with Crippen LogP contribution < -0.4 is 5.32 Å². The molecule has 7 nitrogen and oxygen atoms in total. The lowest BCUT2D eigenvalue weighted by molar-refractivity contribution is -0.222. The summed E-state index contributed by atoms with van der Waals surface area (Å²) >= 11 is 0. The molecule has 1 atom stereocenters. The number of esters is 3. The summed E-state index contributed by atoms with van der Waals surface area (Å²) in [7, 11) is 1.27. The molecule has 1 fully saturated rings. The molecule has 1 aliphatic rings. The minimum Gasteiger partial charge on any atom is -0.467 e. The zero-order valence-corrected chi connectivity index (χ0v) is 12.9. The number of cyclic esters (lactones) is 2. The lowest BCUT2D eigenvalue weighted by Crippen LogP contribution is -2.43. The van der Waals surface area contributed by atoms with Crippen molar-refractivity contribution in [2.24, 2.45) is 5.92 Å². The van der Waals surface area contributed by atoms with Gasteiger partial charge in [-0.05, 0) is 12.3 Å². The Morgan fingerprint density at radius 2 is 1.81 bits per heavy atom. The van der Waals surface area contributed by atoms with Gasteiger partial charge < -0.3 is 19.5 Å². The second-order valence-corrected chi connectivity index (χ2v) is 5.61. The highest BCUT2D eigenvalue weighted by Gasteiger charge is 2.39. The Balaban J connectivity index is 2.83. The van der Waals surface area contributed by atoms with Gasteiger partial charge in [-0.15, -0.1) is 0 Å². The van der Waals surface area contributed by atoms with Crippen molar-refractivity contribution in [1.82, 2.24) is 5.32 Å². The third-order valence-corrected chi connectivity index (χ3v) is 2.74. The van der Waals surface area contributed by atoms with Crippen LogP contribution in [-0.4, -0.2) is 36.8 Å². The average molecular weight is 299 g/mol. The molecule has 1 N–H and O–H groups in total. The van der Waals surface area contributed by atoms with Gasteiger partial charge in [0.15, 0.2) is 5.57 Å². The number of hydrogen-bond donors (Lipinski definition) is 1. The Bertz CT molecular complexity index is 444. The zero-order valence-electron chi connectivity index (χ0n) is 12.9. The van der Waals surface area contributed by atoms with Gasteiger partial charge in [-0.2, -0.15) is 0 Å². The van der Waals surface area contributed by atoms with E-state index in [-0.39, 0.29) is 11.5 Å². The monoisotopic (exact) mass is 299 g/mol. The summed E-state index contributed by atoms with van der Waals surface area (Å²) in [4.78, 5) is 35.1. The Hall–Kier alpha value is -2.05. The minimum absolute atomic E-state index is 0.226. The number of carbonyl (C=O) groups excluding carboxylic acids is 3. The Kier molecular flexibility index (Phi) is 5.34. The van der Waals surface area contributed by atoms with Crippen molar-refractivity contribution in [2.75, 3.05) is 7.11 Å². The predicted octanol–water partition coefficient (Wildman–Crippen LogP) is 0.884. The molecule has 0 aromatic heterocycles. The summed E-state index contributed by atoms with van der Waals surface area (Å²) in [5.74, 6) is -3.12. The number of rotatable bonds is 5. The van der Waals surface area contributed by atoms with Gasteiger partial charge in [-0.3, -0.25) is 0 Å². The summed E-state index contributed by atoms with van der Waals surface area (Å²) in [6, 6.07) is -0.655. The summed E-state index contributed by atoms with van der Waals surface area (Å²) < 4.78 is 14.6. The molecule has 1 unspecified atom stereocenters. The van der Waals surface area contributed by atoms with Crippen LogP contribution in [0.3, 0.4) is 0 Å². The van der Waals surface area contributed by atoms with Gasteiger partial charge in [0.2, 0.25) is 0 Å². The first kappa shape index (κ1) is 17.0. The molecule has 0 amide bonds. The van der Waals surface area contributed by atoms with Gasteiger partial charge in [0.25, 0.3) is 5.79 Å². The molecule has 0 spiro atoms. The first-order valence-electron chi connectivity index (χ1n) is 6.67. The van der Waals surface area contributed by atoms with Crippen LogP contribution in [-0.2, 0) is 28.6 Å². The first-order valence-corrected chi connectivity index (χ1v) is 6.67. The second-order valence-electron chi connectivity index (χ2n) is 5.61. The van der Waals surface area contributed by atoms with E-state index < -0.39 is 29.7 Å². The smallest absolute Gasteiger partial charge is 0.350 e. The van der Waals surface area contributed by atoms with Crippen LogP contribution >= 0.6 is 0 Å². The second kappa shape index (κ2) is 6.60. The number of ether oxygens (including phenoxy) is 3. The van der Waals surface area contributed by atoms with Crippen molar-refractivity contribution in [3.63, 3.8) is 0 Å². The lowest BCUT2D eigenvalue weighted by atomic mass is 10.0. The van der Waals surface area contributed by atoms with E-state index in [2.05, 4.69) is 10.1 Å². The highest BCUT2D eigenvalue weighted by Crippen LogP contribution is 2.22. The van der Waals surface area contributed by atoms with Gasteiger partial charge in [0.1, 0.15) is 6.04 Å². The van der Waals surface area contributed by atoms with Crippen LogP contribution in [0.4, 0.5) is 0 Å². The van der Waals surface area contributed by atoms with Crippen LogP contribution in [0, 0.1) is 5.92 Å². The maximum Gasteiger partial charge on any atom is 0.350 e. The first-order chi connectivity index (χ1) is 9.66. The summed E-state index contributed by atoms with van der Waals surface area (Å²) in [6.45, 7) is 6.80. The normalized spacial score (nSPS) is 18.7. The third kappa shape index (κ3) is 4.77. The lowest BCUT2D eigenvalue weighted by Gasteiger charge is -2.30. The van der Waals surface area contributed by atoms with Crippen molar-refractivity contribution in [3.8, 4) is 0 Å². The summed E-state index contributed by atoms with van der Waals surface area (Å²) in [5, 5.41) is 2.72. The largest absolute Gasteiger partial charge is 0.467 e. The molecule has 1 saturated heterocycles. The summed E-state index contributed by atoms with van der Waals surface area (Å²) in [5.41, 5.74) is -0.285. The van der Waals surface area contributed by atoms with Gasteiger partial charge >= 0.3 is 17.9 Å². The van der Waals surface area contributed by atoms with Crippen LogP contribution in [0.2, 0.25) is 0 Å². The Labute approximate surface area is 123 Å². The van der Waals surface area contributed by atoms with Crippen LogP contribution in [0.25, 0.3) is 0 Å². The van der Waals surface area contributed by atoms with Gasteiger partial charge in [-0.1, -0.05) is 13.8 Å². The van der Waals surface area contributed by atoms with Crippen molar-refractivity contribution < 1.29 is 28.6 Å². The topological polar surface area (TPSA) is 90.9 Å². The van der Waals surface area contributed by atoms with E-state index in [1.54, 1.807) is 0 Å². The number of carbonyl (C=O) groups is 3. The third-order valence-electron chi connectivity index (χ3n) is 2.74. The quantitative estimate of drug-likeness (QED) is 0.458. The van der Waals surface area contributed by atoms with Gasteiger partial charge in [0.05, 0.1) is 7.11 Å². The standard InChI is InChI=1S/C14H21NO6/c1-8(2)6-10(13(18)19-5)15-7-9-11(16)20-14(3,4)21-12(9)17/h7-8,10,15H,6H2,1-5H3. The fourth-order valence-corrected chi connectivity index (χ4v) is 1.81. The van der Waals surface area contributed by atoms with E-state index in [4.69, 9.17) is 9.47 Å². The van der Waals surface area contributed by atoms with Gasteiger partial charge in [0, 0.05) is 20.0 Å². The molecule has 21 heavy (non-hydrogen) atoms. The average Bonchev–Trinajstić information content (AvgIpc) is 2.33. The molecule has 7 heteroatoms. The molecule has 0 aliphatic carbocycles. The number of methoxy groups -OCH3 is 1. The highest BCUT2D eigenvalue weighted by molar-refractivity contribution is 6.15. The van der Waals surface area contributed by atoms with Crippen molar-refractivity contribution in [3.05, 3.63) is 11.8 Å². The predicted molar refractivity (Wildman–Crippen MR) is 72.7 cm³/mol. The maximum absolute atomic E-state index is 11.7. The van der Waals surface area contributed by atoms with E-state index in [1.165, 1.54) is 21.0 Å². The van der Waals surface area contributed by atoms with E-state index in [0.29, 0.717) is 6.42 Å². The SMILES string of the molecule is COC(=O)C(CC(C)C)NC=C1C(=O)OC(C)(C)OC1=O. The van der Waals surface area contributed by atoms with E-state index in [0.717, 1.165) is 6.20 Å². The van der Waals surface area contributed by atoms with Crippen LogP contribution in [0.1, 0.15) is 34.1 Å². The number of nitrogens with one attached hydrogen (secondary N) is 1. The molecule has 118 valence electrons. The van der Waals surface area contributed by atoms with Crippen molar-refractivity contribution in [2.45, 2.75) is 45.9 Å².